The van der Waals surface area contributed by atoms with Crippen LogP contribution in [0, 0.1) is 0 Å². The summed E-state index contributed by atoms with van der Waals surface area (Å²) in [6.45, 7) is 0. The lowest BCUT2D eigenvalue weighted by Crippen LogP contribution is -1.67. The second-order valence-electron chi connectivity index (χ2n) is 1.86. The maximum atomic E-state index is 4.51. The Hall–Kier alpha value is -0.950. The van der Waals surface area contributed by atoms with Crippen LogP contribution in [-0.2, 0) is 0 Å². The molecule has 0 aromatic heterocycles. The Bertz CT molecular complexity index is 224. The Balaban J connectivity index is 2.76. The van der Waals surface area contributed by atoms with Gasteiger partial charge in [0, 0.05) is 0 Å². The highest BCUT2D eigenvalue weighted by atomic mass is 32.1. The second-order valence-corrected chi connectivity index (χ2v) is 2.10. The number of benzene rings is 1. The van der Waals surface area contributed by atoms with Gasteiger partial charge in [-0.1, -0.05) is 48.6 Å². The molecule has 49 valence electrons. The van der Waals surface area contributed by atoms with Crippen LogP contribution in [0.3, 0.4) is 0 Å². The van der Waals surface area contributed by atoms with Gasteiger partial charge in [-0.2, -0.15) is 0 Å². The summed E-state index contributed by atoms with van der Waals surface area (Å²) >= 11 is 4.51. The van der Waals surface area contributed by atoms with Gasteiger partial charge in [-0.3, -0.25) is 0 Å². The van der Waals surface area contributed by atoms with E-state index in [-0.39, 0.29) is 0 Å². The van der Waals surface area contributed by atoms with Crippen LogP contribution in [0.15, 0.2) is 36.4 Å². The molecule has 0 amide bonds. The highest BCUT2D eigenvalue weighted by Gasteiger charge is 1.78. The zero-order chi connectivity index (χ0) is 7.23. The van der Waals surface area contributed by atoms with Gasteiger partial charge in [0.25, 0.3) is 0 Å². The zero-order valence-electron chi connectivity index (χ0n) is 5.45. The third-order valence-electron chi connectivity index (χ3n) is 1.14. The fourth-order valence-corrected chi connectivity index (χ4v) is 0.762. The topological polar surface area (TPSA) is 0 Å². The Morgan fingerprint density at radius 2 is 1.90 bits per heavy atom. The molecule has 0 spiro atoms. The fourth-order valence-electron chi connectivity index (χ4n) is 0.694. The van der Waals surface area contributed by atoms with Crippen molar-refractivity contribution in [1.82, 2.24) is 0 Å². The molecule has 0 N–H and O–H groups in total. The number of hydrogen-bond donors (Lipinski definition) is 0. The summed E-state index contributed by atoms with van der Waals surface area (Å²) in [6.07, 6.45) is 3.65. The number of rotatable bonds is 2. The standard InChI is InChI=1S/C9H7S/c10-8-4-7-9-5-2-1-3-6-9/h1-7H/b7-4+. The van der Waals surface area contributed by atoms with E-state index in [2.05, 4.69) is 17.6 Å². The van der Waals surface area contributed by atoms with Crippen LogP contribution in [0.4, 0.5) is 0 Å². The summed E-state index contributed by atoms with van der Waals surface area (Å²) in [4.78, 5) is 0. The monoisotopic (exact) mass is 147 g/mol. The van der Waals surface area contributed by atoms with Gasteiger partial charge in [0.05, 0.1) is 5.37 Å². The largest absolute Gasteiger partial charge is 0.0785 e. The first-order valence-electron chi connectivity index (χ1n) is 3.03. The fraction of sp³-hybridized carbons (Fsp3) is 0. The van der Waals surface area contributed by atoms with Gasteiger partial charge in [-0.05, 0) is 11.6 Å². The van der Waals surface area contributed by atoms with Crippen molar-refractivity contribution in [2.24, 2.45) is 0 Å². The maximum Gasteiger partial charge on any atom is 0.0557 e. The minimum atomic E-state index is 1.15. The average Bonchev–Trinajstić information content (AvgIpc) is 2.03. The first-order chi connectivity index (χ1) is 4.93. The van der Waals surface area contributed by atoms with Crippen LogP contribution in [0.1, 0.15) is 5.56 Å². The third kappa shape index (κ3) is 2.11. The SMILES string of the molecule is S=[C]/C=C/c1ccccc1. The van der Waals surface area contributed by atoms with Crippen molar-refractivity contribution in [2.45, 2.75) is 0 Å². The molecule has 0 bridgehead atoms. The van der Waals surface area contributed by atoms with Crippen molar-refractivity contribution < 1.29 is 0 Å². The van der Waals surface area contributed by atoms with E-state index in [9.17, 15) is 0 Å². The molecule has 1 heteroatoms. The van der Waals surface area contributed by atoms with E-state index in [1.165, 1.54) is 0 Å². The van der Waals surface area contributed by atoms with E-state index in [0.29, 0.717) is 0 Å². The van der Waals surface area contributed by atoms with E-state index in [1.807, 2.05) is 36.4 Å². The van der Waals surface area contributed by atoms with Crippen LogP contribution in [-0.4, -0.2) is 5.37 Å². The lowest BCUT2D eigenvalue weighted by Gasteiger charge is -1.86. The molecule has 0 saturated carbocycles. The molecule has 0 nitrogen and oxygen atoms in total. The molecule has 1 aromatic rings. The molecular formula is C9H7S. The molecule has 1 aromatic carbocycles. The smallest absolute Gasteiger partial charge is 0.0557 e. The van der Waals surface area contributed by atoms with Gasteiger partial charge in [-0.15, -0.1) is 0 Å². The van der Waals surface area contributed by atoms with Crippen LogP contribution in [0.2, 0.25) is 0 Å². The lowest BCUT2D eigenvalue weighted by atomic mass is 10.2. The summed E-state index contributed by atoms with van der Waals surface area (Å²) in [5.74, 6) is 0. The van der Waals surface area contributed by atoms with Gasteiger partial charge in [-0.25, -0.2) is 0 Å². The quantitative estimate of drug-likeness (QED) is 0.457. The Morgan fingerprint density at radius 1 is 1.20 bits per heavy atom. The van der Waals surface area contributed by atoms with Gasteiger partial charge in [0.1, 0.15) is 0 Å². The van der Waals surface area contributed by atoms with Crippen molar-refractivity contribution in [3.8, 4) is 0 Å². The minimum absolute atomic E-state index is 1.15. The highest BCUT2D eigenvalue weighted by molar-refractivity contribution is 7.79. The normalized spacial score (nSPS) is 10.0. The molecule has 0 aliphatic carbocycles. The molecule has 0 aliphatic rings. The van der Waals surface area contributed by atoms with E-state index in [1.54, 1.807) is 6.08 Å². The van der Waals surface area contributed by atoms with E-state index in [0.717, 1.165) is 5.56 Å². The van der Waals surface area contributed by atoms with Crippen LogP contribution < -0.4 is 0 Å². The lowest BCUT2D eigenvalue weighted by molar-refractivity contribution is 1.66. The number of thiocarbonyl (C=S) groups is 1. The molecule has 10 heavy (non-hydrogen) atoms. The second kappa shape index (κ2) is 3.96. The molecule has 0 aliphatic heterocycles. The molecule has 0 saturated heterocycles. The molecule has 0 fully saturated rings. The third-order valence-corrected chi connectivity index (χ3v) is 1.28. The van der Waals surface area contributed by atoms with Crippen molar-refractivity contribution in [1.29, 1.82) is 0 Å². The van der Waals surface area contributed by atoms with E-state index >= 15 is 0 Å². The summed E-state index contributed by atoms with van der Waals surface area (Å²) in [6, 6.07) is 10.00. The molecular weight excluding hydrogens is 140 g/mol. The zero-order valence-corrected chi connectivity index (χ0v) is 6.27. The van der Waals surface area contributed by atoms with Gasteiger partial charge >= 0.3 is 0 Å². The minimum Gasteiger partial charge on any atom is -0.0785 e. The van der Waals surface area contributed by atoms with Crippen LogP contribution in [0.25, 0.3) is 6.08 Å². The van der Waals surface area contributed by atoms with E-state index < -0.39 is 0 Å². The highest BCUT2D eigenvalue weighted by Crippen LogP contribution is 1.99. The van der Waals surface area contributed by atoms with Crippen LogP contribution >= 0.6 is 12.2 Å². The molecule has 1 radical (unpaired) electrons. The first kappa shape index (κ1) is 7.16. The molecule has 0 heterocycles. The summed E-state index contributed by atoms with van der Waals surface area (Å²) in [5.41, 5.74) is 1.15. The molecule has 0 unspecified atom stereocenters. The van der Waals surface area contributed by atoms with Crippen molar-refractivity contribution in [3.05, 3.63) is 42.0 Å². The average molecular weight is 147 g/mol. The Morgan fingerprint density at radius 3 is 2.50 bits per heavy atom. The number of hydrogen-bond acceptors (Lipinski definition) is 1. The predicted octanol–water partition coefficient (Wildman–Crippen LogP) is 2.58. The maximum absolute atomic E-state index is 4.51. The Labute approximate surface area is 66.2 Å². The summed E-state index contributed by atoms with van der Waals surface area (Å²) in [5, 5.41) is 2.52. The van der Waals surface area contributed by atoms with Crippen molar-refractivity contribution in [3.63, 3.8) is 0 Å². The molecule has 1 rings (SSSR count). The molecule has 0 atom stereocenters. The van der Waals surface area contributed by atoms with Crippen molar-refractivity contribution >= 4 is 23.7 Å². The van der Waals surface area contributed by atoms with Gasteiger partial charge in [0.2, 0.25) is 0 Å². The predicted molar refractivity (Wildman–Crippen MR) is 48.1 cm³/mol. The van der Waals surface area contributed by atoms with Crippen molar-refractivity contribution in [2.75, 3.05) is 0 Å². The van der Waals surface area contributed by atoms with Gasteiger partial charge < -0.3 is 0 Å². The summed E-state index contributed by atoms with van der Waals surface area (Å²) in [7, 11) is 0. The number of allylic oxidation sites excluding steroid dienone is 1. The summed E-state index contributed by atoms with van der Waals surface area (Å²) < 4.78 is 0. The van der Waals surface area contributed by atoms with Crippen LogP contribution in [0.5, 0.6) is 0 Å². The Kier molecular flexibility index (Phi) is 2.84. The van der Waals surface area contributed by atoms with Gasteiger partial charge in [0.15, 0.2) is 0 Å². The van der Waals surface area contributed by atoms with E-state index in [4.69, 9.17) is 0 Å². The first-order valence-corrected chi connectivity index (χ1v) is 3.43.